The summed E-state index contributed by atoms with van der Waals surface area (Å²) < 4.78 is 0. The first-order chi connectivity index (χ1) is 7.59. The van der Waals surface area contributed by atoms with Crippen LogP contribution in [0.3, 0.4) is 0 Å². The molecule has 16 heavy (non-hydrogen) atoms. The Labute approximate surface area is 103 Å². The number of nitrogens with zero attached hydrogens (tertiary/aromatic N) is 2. The molecule has 4 heteroatoms. The maximum atomic E-state index is 5.78. The topological polar surface area (TPSA) is 28.2 Å². The molecule has 0 unspecified atom stereocenters. The van der Waals surface area contributed by atoms with Crippen molar-refractivity contribution in [3.8, 4) is 0 Å². The third kappa shape index (κ3) is 4.81. The lowest BCUT2D eigenvalue weighted by Gasteiger charge is -2.18. The van der Waals surface area contributed by atoms with Crippen LogP contribution >= 0.6 is 11.6 Å². The van der Waals surface area contributed by atoms with Crippen LogP contribution in [0.1, 0.15) is 13.8 Å². The van der Waals surface area contributed by atoms with Gasteiger partial charge >= 0.3 is 0 Å². The zero-order valence-electron chi connectivity index (χ0n) is 10.2. The highest BCUT2D eigenvalue weighted by atomic mass is 35.5. The number of likely N-dealkylation sites (N-methyl/N-ethyl adjacent to an activating group) is 1. The zero-order chi connectivity index (χ0) is 12.0. The van der Waals surface area contributed by atoms with Crippen molar-refractivity contribution in [2.75, 3.05) is 31.6 Å². The number of nitrogens with one attached hydrogen (secondary N) is 1. The predicted molar refractivity (Wildman–Crippen MR) is 70.2 cm³/mol. The van der Waals surface area contributed by atoms with E-state index >= 15 is 0 Å². The largest absolute Gasteiger partial charge is 0.358 e. The van der Waals surface area contributed by atoms with Crippen LogP contribution in [0.25, 0.3) is 0 Å². The summed E-state index contributed by atoms with van der Waals surface area (Å²) in [5.74, 6) is 1.65. The van der Waals surface area contributed by atoms with Crippen LogP contribution < -0.4 is 10.2 Å². The minimum Gasteiger partial charge on any atom is -0.358 e. The fraction of sp³-hybridized carbons (Fsp3) is 0.583. The van der Waals surface area contributed by atoms with Gasteiger partial charge in [0.25, 0.3) is 0 Å². The SMILES string of the molecule is CC(C)CNCCN(C)c1ccc(Cl)cn1. The number of rotatable bonds is 6. The molecule has 0 aliphatic rings. The quantitative estimate of drug-likeness (QED) is 0.776. The normalized spacial score (nSPS) is 10.8. The maximum Gasteiger partial charge on any atom is 0.128 e. The Hall–Kier alpha value is -0.800. The van der Waals surface area contributed by atoms with E-state index in [4.69, 9.17) is 11.6 Å². The fourth-order valence-corrected chi connectivity index (χ4v) is 1.46. The van der Waals surface area contributed by atoms with Crippen LogP contribution in [-0.4, -0.2) is 31.7 Å². The number of halogens is 1. The molecule has 0 saturated carbocycles. The Morgan fingerprint density at radius 3 is 2.75 bits per heavy atom. The predicted octanol–water partition coefficient (Wildman–Crippen LogP) is 2.42. The van der Waals surface area contributed by atoms with E-state index in [0.717, 1.165) is 25.5 Å². The molecule has 0 atom stereocenters. The second-order valence-electron chi connectivity index (χ2n) is 4.35. The number of pyridine rings is 1. The first-order valence-electron chi connectivity index (χ1n) is 5.63. The summed E-state index contributed by atoms with van der Waals surface area (Å²) in [7, 11) is 2.04. The van der Waals surface area contributed by atoms with E-state index in [-0.39, 0.29) is 0 Å². The third-order valence-corrected chi connectivity index (χ3v) is 2.50. The van der Waals surface area contributed by atoms with Crippen molar-refractivity contribution >= 4 is 17.4 Å². The van der Waals surface area contributed by atoms with Gasteiger partial charge in [0.2, 0.25) is 0 Å². The average Bonchev–Trinajstić information content (AvgIpc) is 2.25. The molecule has 0 aliphatic carbocycles. The van der Waals surface area contributed by atoms with Crippen molar-refractivity contribution in [1.82, 2.24) is 10.3 Å². The highest BCUT2D eigenvalue weighted by Crippen LogP contribution is 2.12. The molecule has 0 fully saturated rings. The lowest BCUT2D eigenvalue weighted by molar-refractivity contribution is 0.554. The molecule has 0 bridgehead atoms. The van der Waals surface area contributed by atoms with Gasteiger partial charge in [0.15, 0.2) is 0 Å². The van der Waals surface area contributed by atoms with Crippen molar-refractivity contribution in [3.63, 3.8) is 0 Å². The number of aromatic nitrogens is 1. The smallest absolute Gasteiger partial charge is 0.128 e. The Balaban J connectivity index is 2.29. The number of hydrogen-bond acceptors (Lipinski definition) is 3. The van der Waals surface area contributed by atoms with E-state index in [9.17, 15) is 0 Å². The van der Waals surface area contributed by atoms with Crippen molar-refractivity contribution in [3.05, 3.63) is 23.4 Å². The summed E-state index contributed by atoms with van der Waals surface area (Å²) in [6, 6.07) is 3.80. The zero-order valence-corrected chi connectivity index (χ0v) is 11.0. The molecule has 1 N–H and O–H groups in total. The first-order valence-corrected chi connectivity index (χ1v) is 6.01. The summed E-state index contributed by atoms with van der Waals surface area (Å²) in [5.41, 5.74) is 0. The average molecular weight is 242 g/mol. The monoisotopic (exact) mass is 241 g/mol. The van der Waals surface area contributed by atoms with Gasteiger partial charge in [-0.15, -0.1) is 0 Å². The molecule has 0 spiro atoms. The van der Waals surface area contributed by atoms with Crippen LogP contribution in [-0.2, 0) is 0 Å². The standard InChI is InChI=1S/C12H20ClN3/c1-10(2)8-14-6-7-16(3)12-5-4-11(13)9-15-12/h4-5,9-10,14H,6-8H2,1-3H3. The molecule has 0 radical (unpaired) electrons. The van der Waals surface area contributed by atoms with Gasteiger partial charge in [-0.2, -0.15) is 0 Å². The second kappa shape index (κ2) is 6.71. The third-order valence-electron chi connectivity index (χ3n) is 2.28. The van der Waals surface area contributed by atoms with Gasteiger partial charge in [-0.1, -0.05) is 25.4 Å². The van der Waals surface area contributed by atoms with E-state index in [1.807, 2.05) is 19.2 Å². The molecule has 3 nitrogen and oxygen atoms in total. The molecule has 0 aromatic carbocycles. The summed E-state index contributed by atoms with van der Waals surface area (Å²) in [6.07, 6.45) is 1.68. The Bertz CT molecular complexity index is 298. The summed E-state index contributed by atoms with van der Waals surface area (Å²) >= 11 is 5.78. The summed E-state index contributed by atoms with van der Waals surface area (Å²) in [5, 5.41) is 4.08. The highest BCUT2D eigenvalue weighted by molar-refractivity contribution is 6.30. The molecule has 1 heterocycles. The van der Waals surface area contributed by atoms with Crippen LogP contribution in [0.2, 0.25) is 5.02 Å². The van der Waals surface area contributed by atoms with E-state index in [2.05, 4.69) is 29.0 Å². The lowest BCUT2D eigenvalue weighted by atomic mass is 10.2. The summed E-state index contributed by atoms with van der Waals surface area (Å²) in [4.78, 5) is 6.37. The van der Waals surface area contributed by atoms with Gasteiger partial charge in [0, 0.05) is 26.3 Å². The lowest BCUT2D eigenvalue weighted by Crippen LogP contribution is -2.31. The van der Waals surface area contributed by atoms with E-state index in [1.165, 1.54) is 0 Å². The summed E-state index contributed by atoms with van der Waals surface area (Å²) in [6.45, 7) is 7.39. The van der Waals surface area contributed by atoms with Crippen LogP contribution in [0, 0.1) is 5.92 Å². The van der Waals surface area contributed by atoms with E-state index in [1.54, 1.807) is 6.20 Å². The van der Waals surface area contributed by atoms with Gasteiger partial charge in [-0.25, -0.2) is 4.98 Å². The molecule has 90 valence electrons. The van der Waals surface area contributed by atoms with Gasteiger partial charge in [0.05, 0.1) is 5.02 Å². The van der Waals surface area contributed by atoms with E-state index in [0.29, 0.717) is 10.9 Å². The number of anilines is 1. The van der Waals surface area contributed by atoms with Gasteiger partial charge < -0.3 is 10.2 Å². The molecule has 1 rings (SSSR count). The minimum atomic E-state index is 0.676. The van der Waals surface area contributed by atoms with E-state index < -0.39 is 0 Å². The molecule has 1 aromatic rings. The maximum absolute atomic E-state index is 5.78. The molecule has 0 amide bonds. The Morgan fingerprint density at radius 2 is 2.19 bits per heavy atom. The van der Waals surface area contributed by atoms with Gasteiger partial charge in [-0.3, -0.25) is 0 Å². The first kappa shape index (κ1) is 13.3. The fourth-order valence-electron chi connectivity index (χ4n) is 1.35. The van der Waals surface area contributed by atoms with Crippen LogP contribution in [0.5, 0.6) is 0 Å². The Kier molecular flexibility index (Phi) is 5.56. The number of hydrogen-bond donors (Lipinski definition) is 1. The molecule has 1 aromatic heterocycles. The van der Waals surface area contributed by atoms with Gasteiger partial charge in [-0.05, 0) is 24.6 Å². The van der Waals surface area contributed by atoms with Crippen LogP contribution in [0.4, 0.5) is 5.82 Å². The minimum absolute atomic E-state index is 0.676. The van der Waals surface area contributed by atoms with Crippen molar-refractivity contribution in [2.24, 2.45) is 5.92 Å². The molecule has 0 saturated heterocycles. The second-order valence-corrected chi connectivity index (χ2v) is 4.79. The van der Waals surface area contributed by atoms with Crippen molar-refractivity contribution in [1.29, 1.82) is 0 Å². The molecular formula is C12H20ClN3. The van der Waals surface area contributed by atoms with Crippen molar-refractivity contribution < 1.29 is 0 Å². The molecular weight excluding hydrogens is 222 g/mol. The molecule has 0 aliphatic heterocycles. The van der Waals surface area contributed by atoms with Gasteiger partial charge in [0.1, 0.15) is 5.82 Å². The highest BCUT2D eigenvalue weighted by Gasteiger charge is 2.01. The van der Waals surface area contributed by atoms with Crippen molar-refractivity contribution in [2.45, 2.75) is 13.8 Å². The van der Waals surface area contributed by atoms with Crippen LogP contribution in [0.15, 0.2) is 18.3 Å². The Morgan fingerprint density at radius 1 is 1.44 bits per heavy atom.